The summed E-state index contributed by atoms with van der Waals surface area (Å²) in [6.45, 7) is 4.58. The van der Waals surface area contributed by atoms with E-state index in [9.17, 15) is 4.39 Å². The minimum absolute atomic E-state index is 0.333. The first-order valence-corrected chi connectivity index (χ1v) is 8.89. The predicted molar refractivity (Wildman–Crippen MR) is 97.3 cm³/mol. The fraction of sp³-hybridized carbons (Fsp3) is 0.353. The quantitative estimate of drug-likeness (QED) is 0.717. The molecular weight excluding hydrogens is 341 g/mol. The van der Waals surface area contributed by atoms with Gasteiger partial charge in [-0.3, -0.25) is 0 Å². The number of ether oxygens (including phenoxy) is 1. The summed E-state index contributed by atoms with van der Waals surface area (Å²) in [6.07, 6.45) is 1.42. The Hall–Kier alpha value is -2.48. The van der Waals surface area contributed by atoms with Crippen LogP contribution >= 0.6 is 11.3 Å². The fourth-order valence-corrected chi connectivity index (χ4v) is 4.02. The van der Waals surface area contributed by atoms with Crippen LogP contribution in [-0.2, 0) is 0 Å². The minimum Gasteiger partial charge on any atom is -0.494 e. The highest BCUT2D eigenvalue weighted by Gasteiger charge is 2.23. The molecule has 4 rings (SSSR count). The molecule has 0 amide bonds. The van der Waals surface area contributed by atoms with E-state index in [4.69, 9.17) is 9.72 Å². The number of hydrogen-bond donors (Lipinski definition) is 0. The average Bonchev–Trinajstić information content (AvgIpc) is 3.08. The minimum atomic E-state index is -0.333. The molecule has 1 aromatic carbocycles. The molecule has 1 fully saturated rings. The maximum absolute atomic E-state index is 14.2. The maximum Gasteiger partial charge on any atom is 0.186 e. The van der Waals surface area contributed by atoms with E-state index in [1.807, 2.05) is 23.1 Å². The van der Waals surface area contributed by atoms with Gasteiger partial charge in [-0.2, -0.15) is 0 Å². The topological polar surface area (TPSA) is 54.4 Å². The summed E-state index contributed by atoms with van der Waals surface area (Å²) in [5.41, 5.74) is 1.27. The number of aromatic nitrogens is 3. The Morgan fingerprint density at radius 3 is 2.64 bits per heavy atom. The first-order valence-electron chi connectivity index (χ1n) is 8.08. The van der Waals surface area contributed by atoms with Crippen molar-refractivity contribution in [2.24, 2.45) is 0 Å². The first-order chi connectivity index (χ1) is 12.2. The standard InChI is InChI=1S/C17H18FN5OS/c1-11-14(18)16(20-10-19-11)22-6-8-23(9-7-22)17-21-15-12(24-2)4-3-5-13(15)25-17/h3-5,10H,6-9H2,1-2H3. The summed E-state index contributed by atoms with van der Waals surface area (Å²) in [6, 6.07) is 5.94. The lowest BCUT2D eigenvalue weighted by Crippen LogP contribution is -2.47. The van der Waals surface area contributed by atoms with Crippen molar-refractivity contribution in [3.63, 3.8) is 0 Å². The van der Waals surface area contributed by atoms with Crippen LogP contribution in [0.5, 0.6) is 5.75 Å². The molecule has 1 aliphatic heterocycles. The highest BCUT2D eigenvalue weighted by atomic mass is 32.1. The van der Waals surface area contributed by atoms with Gasteiger partial charge in [0.1, 0.15) is 17.6 Å². The molecule has 25 heavy (non-hydrogen) atoms. The molecule has 0 aliphatic carbocycles. The second kappa shape index (κ2) is 6.44. The number of nitrogens with zero attached hydrogens (tertiary/aromatic N) is 5. The van der Waals surface area contributed by atoms with E-state index in [0.717, 1.165) is 34.2 Å². The molecule has 1 saturated heterocycles. The van der Waals surface area contributed by atoms with Gasteiger partial charge in [0.05, 0.1) is 17.5 Å². The molecule has 2 aromatic heterocycles. The lowest BCUT2D eigenvalue weighted by atomic mass is 10.3. The lowest BCUT2D eigenvalue weighted by molar-refractivity contribution is 0.419. The molecule has 1 aliphatic rings. The van der Waals surface area contributed by atoms with Gasteiger partial charge in [0.25, 0.3) is 0 Å². The van der Waals surface area contributed by atoms with Gasteiger partial charge in [0, 0.05) is 26.2 Å². The molecule has 0 atom stereocenters. The molecule has 6 nitrogen and oxygen atoms in total. The Labute approximate surface area is 148 Å². The van der Waals surface area contributed by atoms with E-state index in [1.54, 1.807) is 25.4 Å². The Morgan fingerprint density at radius 2 is 1.88 bits per heavy atom. The van der Waals surface area contributed by atoms with Crippen LogP contribution in [0.4, 0.5) is 15.3 Å². The number of aryl methyl sites for hydroxylation is 1. The molecule has 3 heterocycles. The van der Waals surface area contributed by atoms with Gasteiger partial charge in [0.15, 0.2) is 16.8 Å². The van der Waals surface area contributed by atoms with Gasteiger partial charge >= 0.3 is 0 Å². The summed E-state index contributed by atoms with van der Waals surface area (Å²) in [5, 5.41) is 0.971. The fourth-order valence-electron chi connectivity index (χ4n) is 2.99. The van der Waals surface area contributed by atoms with Crippen molar-refractivity contribution < 1.29 is 9.13 Å². The third kappa shape index (κ3) is 2.86. The molecule has 0 N–H and O–H groups in total. The third-order valence-corrected chi connectivity index (χ3v) is 5.47. The van der Waals surface area contributed by atoms with Crippen LogP contribution in [0.1, 0.15) is 5.69 Å². The number of piperazine rings is 1. The largest absolute Gasteiger partial charge is 0.494 e. The van der Waals surface area contributed by atoms with Gasteiger partial charge in [0.2, 0.25) is 0 Å². The summed E-state index contributed by atoms with van der Waals surface area (Å²) in [5.74, 6) is 0.843. The zero-order valence-electron chi connectivity index (χ0n) is 14.1. The number of thiazole rings is 1. The summed E-state index contributed by atoms with van der Waals surface area (Å²) >= 11 is 1.65. The van der Waals surface area contributed by atoms with Crippen LogP contribution in [-0.4, -0.2) is 48.2 Å². The molecule has 3 aromatic rings. The van der Waals surface area contributed by atoms with Crippen molar-refractivity contribution in [2.75, 3.05) is 43.1 Å². The number of halogens is 1. The van der Waals surface area contributed by atoms with E-state index in [0.29, 0.717) is 24.6 Å². The van der Waals surface area contributed by atoms with Crippen molar-refractivity contribution in [3.8, 4) is 5.75 Å². The van der Waals surface area contributed by atoms with Crippen molar-refractivity contribution in [2.45, 2.75) is 6.92 Å². The van der Waals surface area contributed by atoms with Gasteiger partial charge in [-0.1, -0.05) is 17.4 Å². The molecular formula is C17H18FN5OS. The second-order valence-corrected chi connectivity index (χ2v) is 6.88. The number of fused-ring (bicyclic) bond motifs is 1. The van der Waals surface area contributed by atoms with Crippen LogP contribution in [0.15, 0.2) is 24.5 Å². The van der Waals surface area contributed by atoms with Crippen LogP contribution in [0.3, 0.4) is 0 Å². The Bertz CT molecular complexity index is 907. The molecule has 0 unspecified atom stereocenters. The zero-order chi connectivity index (χ0) is 17.4. The monoisotopic (exact) mass is 359 g/mol. The van der Waals surface area contributed by atoms with Gasteiger partial charge in [-0.15, -0.1) is 0 Å². The smallest absolute Gasteiger partial charge is 0.186 e. The van der Waals surface area contributed by atoms with Crippen molar-refractivity contribution in [1.82, 2.24) is 15.0 Å². The average molecular weight is 359 g/mol. The second-order valence-electron chi connectivity index (χ2n) is 5.87. The number of anilines is 2. The van der Waals surface area contributed by atoms with Crippen molar-refractivity contribution >= 4 is 32.5 Å². The van der Waals surface area contributed by atoms with Crippen molar-refractivity contribution in [3.05, 3.63) is 36.0 Å². The molecule has 0 bridgehead atoms. The van der Waals surface area contributed by atoms with E-state index in [2.05, 4.69) is 14.9 Å². The van der Waals surface area contributed by atoms with Crippen LogP contribution in [0.25, 0.3) is 10.2 Å². The van der Waals surface area contributed by atoms with E-state index >= 15 is 0 Å². The summed E-state index contributed by atoms with van der Waals surface area (Å²) in [4.78, 5) is 16.9. The Balaban J connectivity index is 1.53. The van der Waals surface area contributed by atoms with E-state index < -0.39 is 0 Å². The lowest BCUT2D eigenvalue weighted by Gasteiger charge is -2.35. The predicted octanol–water partition coefficient (Wildman–Crippen LogP) is 2.87. The zero-order valence-corrected chi connectivity index (χ0v) is 14.9. The molecule has 0 radical (unpaired) electrons. The molecule has 0 spiro atoms. The normalized spacial score (nSPS) is 15.0. The Morgan fingerprint density at radius 1 is 1.12 bits per heavy atom. The number of benzene rings is 1. The van der Waals surface area contributed by atoms with Crippen molar-refractivity contribution in [1.29, 1.82) is 0 Å². The van der Waals surface area contributed by atoms with E-state index in [-0.39, 0.29) is 5.82 Å². The van der Waals surface area contributed by atoms with Crippen LogP contribution in [0, 0.1) is 12.7 Å². The van der Waals surface area contributed by atoms with Crippen LogP contribution < -0.4 is 14.5 Å². The summed E-state index contributed by atoms with van der Waals surface area (Å²) in [7, 11) is 1.66. The third-order valence-electron chi connectivity index (χ3n) is 4.39. The highest BCUT2D eigenvalue weighted by molar-refractivity contribution is 7.22. The highest BCUT2D eigenvalue weighted by Crippen LogP contribution is 2.34. The van der Waals surface area contributed by atoms with Gasteiger partial charge in [-0.25, -0.2) is 19.3 Å². The molecule has 0 saturated carbocycles. The number of rotatable bonds is 3. The van der Waals surface area contributed by atoms with Gasteiger partial charge in [-0.05, 0) is 19.1 Å². The van der Waals surface area contributed by atoms with E-state index in [1.165, 1.54) is 6.33 Å². The number of para-hydroxylation sites is 1. The van der Waals surface area contributed by atoms with Crippen LogP contribution in [0.2, 0.25) is 0 Å². The van der Waals surface area contributed by atoms with Gasteiger partial charge < -0.3 is 14.5 Å². The summed E-state index contributed by atoms with van der Waals surface area (Å²) < 4.78 is 20.7. The maximum atomic E-state index is 14.2. The molecule has 8 heteroatoms. The first kappa shape index (κ1) is 16.0. The SMILES string of the molecule is COc1cccc2sc(N3CCN(c4ncnc(C)c4F)CC3)nc12. The molecule has 130 valence electrons. The Kier molecular flexibility index (Phi) is 4.12. The number of hydrogen-bond acceptors (Lipinski definition) is 7. The number of methoxy groups -OCH3 is 1.